The predicted octanol–water partition coefficient (Wildman–Crippen LogP) is 10.2. The number of pyridine rings is 1. The number of para-hydroxylation sites is 1. The molecule has 46 heavy (non-hydrogen) atoms. The van der Waals surface area contributed by atoms with Gasteiger partial charge in [-0.25, -0.2) is 4.98 Å². The normalized spacial score (nSPS) is 18.2. The molecule has 236 valence electrons. The second-order valence-electron chi connectivity index (χ2n) is 13.1. The fraction of sp³-hybridized carbons (Fsp3) is 0.300. The number of hydrogen-bond acceptors (Lipinski definition) is 3. The van der Waals surface area contributed by atoms with Crippen molar-refractivity contribution in [3.05, 3.63) is 119 Å². The van der Waals surface area contributed by atoms with Crippen LogP contribution in [0.5, 0.6) is 11.5 Å². The van der Waals surface area contributed by atoms with Crippen LogP contribution in [0.15, 0.2) is 84.6 Å². The Balaban J connectivity index is 0.00000372. The molecule has 3 aromatic carbocycles. The third kappa shape index (κ3) is 5.64. The zero-order chi connectivity index (χ0) is 31.4. The van der Waals surface area contributed by atoms with Crippen LogP contribution < -0.4 is 4.74 Å². The van der Waals surface area contributed by atoms with Gasteiger partial charge in [0, 0.05) is 40.4 Å². The van der Waals surface area contributed by atoms with Gasteiger partial charge in [-0.2, -0.15) is 17.2 Å². The standard InChI is InChI=1S/C40H40N4O.Pt/c1-24(2)30-17-18-41-38(21-30)43-36-14-9-8-13-34(36)35-16-15-33(23-37(35)43)45-32-12-10-11-31(22-32)44-29(7)40(28(6)42-44)39-26(4)19-25(3)20-27(39)5;/h8-19,21,24-25,27,39H,20H2,1-7H3;/q-2;+2/t25-,27-,39?;/m0./s1. The van der Waals surface area contributed by atoms with Crippen LogP contribution >= 0.6 is 0 Å². The van der Waals surface area contributed by atoms with Gasteiger partial charge in [-0.3, -0.25) is 4.68 Å². The number of nitrogens with zero attached hydrogens (tertiary/aromatic N) is 4. The van der Waals surface area contributed by atoms with Crippen molar-refractivity contribution >= 4 is 21.8 Å². The van der Waals surface area contributed by atoms with Crippen molar-refractivity contribution in [1.82, 2.24) is 19.3 Å². The molecule has 0 fully saturated rings. The van der Waals surface area contributed by atoms with Crippen molar-refractivity contribution in [2.24, 2.45) is 11.8 Å². The minimum Gasteiger partial charge on any atom is -0.509 e. The summed E-state index contributed by atoms with van der Waals surface area (Å²) < 4.78 is 10.6. The first-order chi connectivity index (χ1) is 21.7. The summed E-state index contributed by atoms with van der Waals surface area (Å²) in [4.78, 5) is 4.77. The fourth-order valence-electron chi connectivity index (χ4n) is 7.47. The molecule has 7 rings (SSSR count). The second-order valence-corrected chi connectivity index (χ2v) is 13.1. The van der Waals surface area contributed by atoms with Gasteiger partial charge in [-0.15, -0.1) is 35.7 Å². The zero-order valence-electron chi connectivity index (χ0n) is 27.5. The molecule has 6 heteroatoms. The summed E-state index contributed by atoms with van der Waals surface area (Å²) in [5.41, 5.74) is 9.16. The Morgan fingerprint density at radius 2 is 1.67 bits per heavy atom. The van der Waals surface area contributed by atoms with Crippen LogP contribution in [0.1, 0.15) is 75.4 Å². The first-order valence-corrected chi connectivity index (χ1v) is 16.1. The van der Waals surface area contributed by atoms with Crippen LogP contribution in [-0.4, -0.2) is 19.3 Å². The largest absolute Gasteiger partial charge is 2.00 e. The molecule has 0 radical (unpaired) electrons. The molecule has 1 unspecified atom stereocenters. The van der Waals surface area contributed by atoms with E-state index in [-0.39, 0.29) is 21.1 Å². The third-order valence-corrected chi connectivity index (χ3v) is 9.43. The van der Waals surface area contributed by atoms with Crippen molar-refractivity contribution < 1.29 is 25.8 Å². The van der Waals surface area contributed by atoms with Gasteiger partial charge in [-0.1, -0.05) is 63.1 Å². The third-order valence-electron chi connectivity index (χ3n) is 9.43. The van der Waals surface area contributed by atoms with Crippen LogP contribution in [0, 0.1) is 37.8 Å². The molecule has 0 bridgehead atoms. The van der Waals surface area contributed by atoms with Crippen LogP contribution in [0.3, 0.4) is 0 Å². The van der Waals surface area contributed by atoms with Crippen molar-refractivity contribution in [3.63, 3.8) is 0 Å². The fourth-order valence-corrected chi connectivity index (χ4v) is 7.47. The summed E-state index contributed by atoms with van der Waals surface area (Å²) in [5, 5.41) is 7.28. The van der Waals surface area contributed by atoms with Gasteiger partial charge in [-0.05, 0) is 79.8 Å². The summed E-state index contributed by atoms with van der Waals surface area (Å²) in [6.45, 7) is 15.7. The maximum atomic E-state index is 6.44. The number of hydrogen-bond donors (Lipinski definition) is 0. The number of benzene rings is 3. The Labute approximate surface area is 286 Å². The number of aryl methyl sites for hydroxylation is 1. The van der Waals surface area contributed by atoms with Crippen molar-refractivity contribution in [2.45, 2.75) is 66.7 Å². The quantitative estimate of drug-likeness (QED) is 0.125. The maximum absolute atomic E-state index is 6.44. The minimum atomic E-state index is 0. The molecule has 5 nitrogen and oxygen atoms in total. The van der Waals surface area contributed by atoms with E-state index in [9.17, 15) is 0 Å². The first-order valence-electron chi connectivity index (χ1n) is 16.1. The average Bonchev–Trinajstić information content (AvgIpc) is 3.50. The van der Waals surface area contributed by atoms with Gasteiger partial charge >= 0.3 is 21.1 Å². The van der Waals surface area contributed by atoms with E-state index in [0.717, 1.165) is 44.7 Å². The van der Waals surface area contributed by atoms with Gasteiger partial charge < -0.3 is 9.30 Å². The van der Waals surface area contributed by atoms with Crippen molar-refractivity contribution in [3.8, 4) is 23.0 Å². The van der Waals surface area contributed by atoms with E-state index < -0.39 is 0 Å². The molecule has 0 spiro atoms. The molecule has 0 amide bonds. The molecule has 0 N–H and O–H groups in total. The van der Waals surface area contributed by atoms with E-state index in [0.29, 0.717) is 35.2 Å². The molecule has 0 saturated carbocycles. The maximum Gasteiger partial charge on any atom is 2.00 e. The van der Waals surface area contributed by atoms with Crippen LogP contribution in [0.25, 0.3) is 33.3 Å². The molecular formula is C40H40N4OPt. The number of ether oxygens (including phenoxy) is 1. The summed E-state index contributed by atoms with van der Waals surface area (Å²) in [6.07, 6.45) is 5.52. The van der Waals surface area contributed by atoms with E-state index in [1.54, 1.807) is 0 Å². The minimum absolute atomic E-state index is 0. The molecule has 1 aliphatic carbocycles. The van der Waals surface area contributed by atoms with E-state index in [4.69, 9.17) is 14.8 Å². The van der Waals surface area contributed by atoms with Crippen molar-refractivity contribution in [1.29, 1.82) is 0 Å². The SMILES string of the molecule is CC1=C[C@H](C)C[C@H](C)C1c1c(C)nn(-c2[c-]c(Oc3[c-]c4c(cc3)c3ccccc3n4-c3cc(C(C)C)ccn3)ccc2)c1C.[Pt+2]. The average molecular weight is 788 g/mol. The number of rotatable bonds is 6. The van der Waals surface area contributed by atoms with E-state index >= 15 is 0 Å². The van der Waals surface area contributed by atoms with Crippen LogP contribution in [-0.2, 0) is 21.1 Å². The molecular weight excluding hydrogens is 748 g/mol. The molecule has 0 aliphatic heterocycles. The molecule has 6 aromatic rings. The summed E-state index contributed by atoms with van der Waals surface area (Å²) in [7, 11) is 0. The Hall–Kier alpha value is -3.95. The van der Waals surface area contributed by atoms with Gasteiger partial charge in [0.25, 0.3) is 0 Å². The first kappa shape index (κ1) is 32.0. The Kier molecular flexibility index (Phi) is 8.82. The van der Waals surface area contributed by atoms with E-state index in [1.807, 2.05) is 35.1 Å². The molecule has 3 aromatic heterocycles. The molecule has 0 saturated heterocycles. The Bertz CT molecular complexity index is 2080. The summed E-state index contributed by atoms with van der Waals surface area (Å²) in [6, 6.07) is 29.8. The van der Waals surface area contributed by atoms with Gasteiger partial charge in [0.2, 0.25) is 0 Å². The number of aromatic nitrogens is 4. The van der Waals surface area contributed by atoms with Gasteiger partial charge in [0.15, 0.2) is 0 Å². The zero-order valence-corrected chi connectivity index (χ0v) is 29.8. The number of fused-ring (bicyclic) bond motifs is 3. The Morgan fingerprint density at radius 3 is 2.46 bits per heavy atom. The summed E-state index contributed by atoms with van der Waals surface area (Å²) in [5.74, 6) is 4.10. The summed E-state index contributed by atoms with van der Waals surface area (Å²) >= 11 is 0. The van der Waals surface area contributed by atoms with Gasteiger partial charge in [0.05, 0.1) is 5.69 Å². The van der Waals surface area contributed by atoms with Crippen LogP contribution in [0.4, 0.5) is 0 Å². The van der Waals surface area contributed by atoms with Crippen molar-refractivity contribution in [2.75, 3.05) is 0 Å². The Morgan fingerprint density at radius 1 is 0.891 bits per heavy atom. The van der Waals surface area contributed by atoms with Crippen LogP contribution in [0.2, 0.25) is 0 Å². The number of allylic oxidation sites excluding steroid dienone is 2. The predicted molar refractivity (Wildman–Crippen MR) is 183 cm³/mol. The van der Waals surface area contributed by atoms with E-state index in [1.165, 1.54) is 23.1 Å². The topological polar surface area (TPSA) is 44.9 Å². The molecule has 3 heterocycles. The second kappa shape index (κ2) is 12.7. The van der Waals surface area contributed by atoms with E-state index in [2.05, 4.69) is 114 Å². The van der Waals surface area contributed by atoms with Gasteiger partial charge in [0.1, 0.15) is 5.82 Å². The molecule has 1 aliphatic rings. The smallest absolute Gasteiger partial charge is 0.509 e. The molecule has 3 atom stereocenters. The monoisotopic (exact) mass is 787 g/mol.